The van der Waals surface area contributed by atoms with Crippen LogP contribution in [0.3, 0.4) is 0 Å². The summed E-state index contributed by atoms with van der Waals surface area (Å²) >= 11 is 0. The van der Waals surface area contributed by atoms with Crippen LogP contribution in [0.15, 0.2) is 24.3 Å². The van der Waals surface area contributed by atoms with Gasteiger partial charge in [-0.15, -0.1) is 0 Å². The Morgan fingerprint density at radius 2 is 1.05 bits per heavy atom. The summed E-state index contributed by atoms with van der Waals surface area (Å²) in [5.41, 5.74) is 0.543. The maximum Gasteiger partial charge on any atom is 0.0548 e. The molecule has 0 unspecified atom stereocenters. The number of allylic oxidation sites excluding steroid dienone is 4. The Labute approximate surface area is 263 Å². The predicted molar refractivity (Wildman–Crippen MR) is 184 cm³/mol. The van der Waals surface area contributed by atoms with Gasteiger partial charge in [0.05, 0.1) is 12.2 Å². The zero-order chi connectivity index (χ0) is 31.5. The van der Waals surface area contributed by atoms with Gasteiger partial charge < -0.3 is 10.2 Å². The molecule has 2 saturated carbocycles. The maximum atomic E-state index is 10.2. The van der Waals surface area contributed by atoms with E-state index in [9.17, 15) is 10.2 Å². The van der Waals surface area contributed by atoms with Crippen molar-refractivity contribution in [2.75, 3.05) is 0 Å². The van der Waals surface area contributed by atoms with Crippen LogP contribution in [-0.4, -0.2) is 22.4 Å². The number of aliphatic hydroxyl groups excluding tert-OH is 2. The molecular weight excluding hydrogens is 512 g/mol. The molecule has 0 heterocycles. The van der Waals surface area contributed by atoms with E-state index in [0.29, 0.717) is 17.8 Å². The van der Waals surface area contributed by atoms with Gasteiger partial charge >= 0.3 is 0 Å². The van der Waals surface area contributed by atoms with Crippen molar-refractivity contribution < 1.29 is 10.2 Å². The van der Waals surface area contributed by atoms with Crippen LogP contribution in [0.1, 0.15) is 159 Å². The third-order valence-corrected chi connectivity index (χ3v) is 11.7. The van der Waals surface area contributed by atoms with Crippen LogP contribution in [0.5, 0.6) is 0 Å². The molecule has 0 bridgehead atoms. The van der Waals surface area contributed by atoms with Crippen molar-refractivity contribution in [3.05, 3.63) is 24.3 Å². The summed E-state index contributed by atoms with van der Waals surface area (Å²) in [6, 6.07) is 0. The molecule has 42 heavy (non-hydrogen) atoms. The van der Waals surface area contributed by atoms with Crippen LogP contribution in [0.4, 0.5) is 0 Å². The largest absolute Gasteiger partial charge is 0.393 e. The fourth-order valence-electron chi connectivity index (χ4n) is 9.15. The van der Waals surface area contributed by atoms with Crippen LogP contribution >= 0.6 is 0 Å². The molecule has 246 valence electrons. The first kappa shape index (κ1) is 37.6. The summed E-state index contributed by atoms with van der Waals surface area (Å²) in [7, 11) is 0. The molecule has 0 spiro atoms. The van der Waals surface area contributed by atoms with E-state index in [4.69, 9.17) is 0 Å². The molecule has 2 aliphatic rings. The van der Waals surface area contributed by atoms with E-state index in [0.717, 1.165) is 61.7 Å². The highest BCUT2D eigenvalue weighted by molar-refractivity contribution is 4.95. The molecule has 2 heteroatoms. The lowest BCUT2D eigenvalue weighted by Crippen LogP contribution is -2.40. The average molecular weight is 587 g/mol. The first-order valence-electron chi connectivity index (χ1n) is 18.3. The molecule has 0 saturated heterocycles. The van der Waals surface area contributed by atoms with Gasteiger partial charge in [0.15, 0.2) is 0 Å². The Morgan fingerprint density at radius 3 is 1.57 bits per heavy atom. The zero-order valence-corrected chi connectivity index (χ0v) is 29.9. The van der Waals surface area contributed by atoms with Gasteiger partial charge in [-0.2, -0.15) is 0 Å². The fourth-order valence-corrected chi connectivity index (χ4v) is 9.15. The normalized spacial score (nSPS) is 32.7. The van der Waals surface area contributed by atoms with E-state index in [1.807, 2.05) is 0 Å². The SMILES string of the molecule is C[C@H](CCC[C@@H](C)C/C=C/C[C@@H](C)/C=C/C[C@H](C)CC[C@H]1[C@@H](C)C[C@@H](O)CC1(C)C)CC[C@H]1[C@@H](C)C[C@@H](O)CC1(C)C. The molecule has 0 aromatic carbocycles. The molecule has 2 nitrogen and oxygen atoms in total. The molecule has 2 rings (SSSR count). The van der Waals surface area contributed by atoms with Crippen molar-refractivity contribution in [1.29, 1.82) is 0 Å². The third kappa shape index (κ3) is 13.2. The Hall–Kier alpha value is -0.600. The molecule has 0 aliphatic heterocycles. The minimum atomic E-state index is -0.102. The summed E-state index contributed by atoms with van der Waals surface area (Å²) in [6.07, 6.45) is 26.3. The fraction of sp³-hybridized carbons (Fsp3) is 0.900. The lowest BCUT2D eigenvalue weighted by Gasteiger charge is -2.45. The van der Waals surface area contributed by atoms with Gasteiger partial charge in [-0.3, -0.25) is 0 Å². The maximum absolute atomic E-state index is 10.2. The lowest BCUT2D eigenvalue weighted by molar-refractivity contribution is -0.0178. The van der Waals surface area contributed by atoms with Crippen LogP contribution in [0, 0.1) is 58.2 Å². The van der Waals surface area contributed by atoms with Crippen molar-refractivity contribution in [3.8, 4) is 0 Å². The van der Waals surface area contributed by atoms with Crippen molar-refractivity contribution in [2.45, 2.75) is 171 Å². The van der Waals surface area contributed by atoms with E-state index in [1.54, 1.807) is 0 Å². The third-order valence-electron chi connectivity index (χ3n) is 11.7. The van der Waals surface area contributed by atoms with E-state index in [-0.39, 0.29) is 23.0 Å². The minimum absolute atomic E-state index is 0.0937. The molecule has 2 aliphatic carbocycles. The van der Waals surface area contributed by atoms with Crippen molar-refractivity contribution >= 4 is 0 Å². The van der Waals surface area contributed by atoms with Gasteiger partial charge in [-0.1, -0.05) is 126 Å². The van der Waals surface area contributed by atoms with E-state index < -0.39 is 0 Å². The first-order chi connectivity index (χ1) is 19.6. The van der Waals surface area contributed by atoms with E-state index in [2.05, 4.69) is 93.5 Å². The first-order valence-corrected chi connectivity index (χ1v) is 18.3. The standard InChI is InChI=1S/C40H74O2/c1-29(17-13-19-31(3)21-23-37-33(5)25-35(41)27-39(37,7)8)15-11-12-16-30(2)18-14-20-32(4)22-24-38-34(6)26-36(42)28-40(38,9)10/h11-13,17,29-38,41-42H,14-16,18-28H2,1-10H3/b12-11+,17-13+/t29-,30+,31+,32-,33+,34+,35-,36-,37+,38+/m1/s1. The second-order valence-electron chi connectivity index (χ2n) is 17.3. The van der Waals surface area contributed by atoms with Gasteiger partial charge in [0, 0.05) is 0 Å². The molecule has 0 aromatic heterocycles. The van der Waals surface area contributed by atoms with E-state index >= 15 is 0 Å². The highest BCUT2D eigenvalue weighted by Gasteiger charge is 2.41. The second kappa shape index (κ2) is 17.8. The topological polar surface area (TPSA) is 40.5 Å². The minimum Gasteiger partial charge on any atom is -0.393 e. The van der Waals surface area contributed by atoms with Crippen molar-refractivity contribution in [2.24, 2.45) is 58.2 Å². The van der Waals surface area contributed by atoms with Gasteiger partial charge in [-0.25, -0.2) is 0 Å². The highest BCUT2D eigenvalue weighted by Crippen LogP contribution is 2.48. The predicted octanol–water partition coefficient (Wildman–Crippen LogP) is 11.4. The smallest absolute Gasteiger partial charge is 0.0548 e. The summed E-state index contributed by atoms with van der Waals surface area (Å²) in [5, 5.41) is 20.4. The van der Waals surface area contributed by atoms with Crippen LogP contribution in [0.2, 0.25) is 0 Å². The summed E-state index contributed by atoms with van der Waals surface area (Å²) in [4.78, 5) is 0. The molecule has 2 fully saturated rings. The number of aliphatic hydroxyl groups is 2. The van der Waals surface area contributed by atoms with Crippen LogP contribution < -0.4 is 0 Å². The van der Waals surface area contributed by atoms with Gasteiger partial charge in [0.1, 0.15) is 0 Å². The Balaban J connectivity index is 1.56. The second-order valence-corrected chi connectivity index (χ2v) is 17.3. The van der Waals surface area contributed by atoms with Gasteiger partial charge in [-0.05, 0) is 116 Å². The van der Waals surface area contributed by atoms with Crippen LogP contribution in [0.25, 0.3) is 0 Å². The Kier molecular flexibility index (Phi) is 15.9. The molecule has 0 aromatic rings. The number of hydrogen-bond acceptors (Lipinski definition) is 2. The molecular formula is C40H74O2. The molecule has 2 N–H and O–H groups in total. The Bertz CT molecular complexity index is 793. The molecule has 10 atom stereocenters. The zero-order valence-electron chi connectivity index (χ0n) is 29.9. The summed E-state index contributed by atoms with van der Waals surface area (Å²) < 4.78 is 0. The highest BCUT2D eigenvalue weighted by atomic mass is 16.3. The molecule has 0 amide bonds. The summed E-state index contributed by atoms with van der Waals surface area (Å²) in [5.74, 6) is 5.72. The summed E-state index contributed by atoms with van der Waals surface area (Å²) in [6.45, 7) is 23.9. The van der Waals surface area contributed by atoms with Gasteiger partial charge in [0.25, 0.3) is 0 Å². The Morgan fingerprint density at radius 1 is 0.619 bits per heavy atom. The quantitative estimate of drug-likeness (QED) is 0.166. The number of hydrogen-bond donors (Lipinski definition) is 2. The van der Waals surface area contributed by atoms with Crippen molar-refractivity contribution in [1.82, 2.24) is 0 Å². The van der Waals surface area contributed by atoms with Crippen molar-refractivity contribution in [3.63, 3.8) is 0 Å². The van der Waals surface area contributed by atoms with E-state index in [1.165, 1.54) is 57.8 Å². The molecule has 0 radical (unpaired) electrons. The lowest BCUT2D eigenvalue weighted by atomic mass is 9.61. The number of rotatable bonds is 17. The van der Waals surface area contributed by atoms with Crippen LogP contribution in [-0.2, 0) is 0 Å². The van der Waals surface area contributed by atoms with Gasteiger partial charge in [0.2, 0.25) is 0 Å². The average Bonchev–Trinajstić information content (AvgIpc) is 2.84. The monoisotopic (exact) mass is 587 g/mol.